The summed E-state index contributed by atoms with van der Waals surface area (Å²) in [4.78, 5) is 11.4. The van der Waals surface area contributed by atoms with Crippen LogP contribution >= 0.6 is 0 Å². The number of hydrogen-bond donors (Lipinski definition) is 0. The van der Waals surface area contributed by atoms with E-state index in [1.54, 1.807) is 14.1 Å². The van der Waals surface area contributed by atoms with Gasteiger partial charge in [-0.3, -0.25) is 4.79 Å². The first-order valence-corrected chi connectivity index (χ1v) is 5.03. The van der Waals surface area contributed by atoms with Crippen molar-refractivity contribution < 1.29 is 22.7 Å². The van der Waals surface area contributed by atoms with Crippen LogP contribution in [-0.4, -0.2) is 25.8 Å². The van der Waals surface area contributed by atoms with Crippen molar-refractivity contribution in [3.05, 3.63) is 29.8 Å². The second kappa shape index (κ2) is 5.75. The molecule has 0 aliphatic carbocycles. The minimum atomic E-state index is -4.36. The number of benzene rings is 1. The van der Waals surface area contributed by atoms with Crippen molar-refractivity contribution in [2.45, 2.75) is 19.3 Å². The molecule has 0 amide bonds. The zero-order valence-electron chi connectivity index (χ0n) is 9.25. The Labute approximate surface area is 98.0 Å². The van der Waals surface area contributed by atoms with Gasteiger partial charge in [-0.25, -0.2) is 0 Å². The maximum atomic E-state index is 11.9. The molecule has 91 valence electrons. The third-order valence-electron chi connectivity index (χ3n) is 1.97. The fourth-order valence-corrected chi connectivity index (χ4v) is 1.21. The van der Waals surface area contributed by atoms with E-state index in [1.165, 1.54) is 24.3 Å². The predicted molar refractivity (Wildman–Crippen MR) is 58.7 cm³/mol. The van der Waals surface area contributed by atoms with Crippen LogP contribution in [0.15, 0.2) is 24.3 Å². The summed E-state index contributed by atoms with van der Waals surface area (Å²) >= 11 is 0. The number of ether oxygens (including phenoxy) is 1. The number of Topliss-reactive ketones (excluding diaryl/α,β-unsaturated/α-hetero) is 1. The highest BCUT2D eigenvalue weighted by atomic mass is 19.4. The Bertz CT molecular complexity index is 373. The number of alkyl halides is 3. The standard InChI is InChI=1S/C11H11BF3O2/c1-12-6-10(16)8-2-4-9(5-3-8)17-7-11(13,14)15/h2-5H,6-7H2,1H3. The molecule has 0 fully saturated rings. The van der Waals surface area contributed by atoms with E-state index < -0.39 is 12.8 Å². The van der Waals surface area contributed by atoms with Crippen LogP contribution in [0, 0.1) is 0 Å². The Kier molecular flexibility index (Phi) is 4.60. The first kappa shape index (κ1) is 13.6. The molecule has 6 heteroatoms. The molecular weight excluding hydrogens is 232 g/mol. The number of rotatable bonds is 5. The number of ketones is 1. The number of hydrogen-bond acceptors (Lipinski definition) is 2. The van der Waals surface area contributed by atoms with Gasteiger partial charge in [0.05, 0.1) is 0 Å². The van der Waals surface area contributed by atoms with Crippen molar-refractivity contribution in [1.29, 1.82) is 0 Å². The Hall–Kier alpha value is -1.46. The fraction of sp³-hybridized carbons (Fsp3) is 0.364. The number of carbonyl (C=O) groups is 1. The molecular formula is C11H11BF3O2. The van der Waals surface area contributed by atoms with E-state index in [0.29, 0.717) is 11.9 Å². The lowest BCUT2D eigenvalue weighted by atomic mass is 9.75. The highest BCUT2D eigenvalue weighted by Gasteiger charge is 2.28. The normalized spacial score (nSPS) is 11.1. The topological polar surface area (TPSA) is 26.3 Å². The number of halogens is 3. The highest BCUT2D eigenvalue weighted by molar-refractivity contribution is 6.41. The molecule has 0 N–H and O–H groups in total. The molecule has 1 rings (SSSR count). The molecule has 1 radical (unpaired) electrons. The zero-order chi connectivity index (χ0) is 12.9. The largest absolute Gasteiger partial charge is 0.484 e. The van der Waals surface area contributed by atoms with Crippen LogP contribution in [0.1, 0.15) is 10.4 Å². The molecule has 0 bridgehead atoms. The van der Waals surface area contributed by atoms with E-state index in [0.717, 1.165) is 0 Å². The second-order valence-electron chi connectivity index (χ2n) is 3.46. The monoisotopic (exact) mass is 243 g/mol. The van der Waals surface area contributed by atoms with Crippen LogP contribution in [-0.2, 0) is 0 Å². The van der Waals surface area contributed by atoms with Crippen molar-refractivity contribution in [3.63, 3.8) is 0 Å². The molecule has 0 atom stereocenters. The van der Waals surface area contributed by atoms with Crippen molar-refractivity contribution in [1.82, 2.24) is 0 Å². The van der Waals surface area contributed by atoms with Crippen LogP contribution < -0.4 is 4.74 Å². The SMILES string of the molecule is C[B]CC(=O)c1ccc(OCC(F)(F)F)cc1. The first-order chi connectivity index (χ1) is 7.92. The van der Waals surface area contributed by atoms with Crippen LogP contribution in [0.25, 0.3) is 0 Å². The minimum absolute atomic E-state index is 0.0742. The van der Waals surface area contributed by atoms with Gasteiger partial charge >= 0.3 is 6.18 Å². The third-order valence-corrected chi connectivity index (χ3v) is 1.97. The molecule has 0 heterocycles. The van der Waals surface area contributed by atoms with Gasteiger partial charge in [-0.1, -0.05) is 6.82 Å². The summed E-state index contributed by atoms with van der Waals surface area (Å²) in [5.74, 6) is 0.0224. The lowest BCUT2D eigenvalue weighted by Gasteiger charge is -2.09. The van der Waals surface area contributed by atoms with E-state index in [1.807, 2.05) is 0 Å². The number of carbonyl (C=O) groups excluding carboxylic acids is 1. The van der Waals surface area contributed by atoms with Gasteiger partial charge in [-0.2, -0.15) is 13.2 Å². The maximum Gasteiger partial charge on any atom is 0.422 e. The van der Waals surface area contributed by atoms with E-state index in [-0.39, 0.29) is 11.5 Å². The lowest BCUT2D eigenvalue weighted by molar-refractivity contribution is -0.153. The van der Waals surface area contributed by atoms with Crippen molar-refractivity contribution >= 4 is 13.1 Å². The highest BCUT2D eigenvalue weighted by Crippen LogP contribution is 2.19. The van der Waals surface area contributed by atoms with Crippen molar-refractivity contribution in [2.24, 2.45) is 0 Å². The smallest absolute Gasteiger partial charge is 0.422 e. The molecule has 2 nitrogen and oxygen atoms in total. The molecule has 1 aromatic rings. The van der Waals surface area contributed by atoms with Gasteiger partial charge in [0, 0.05) is 5.56 Å². The van der Waals surface area contributed by atoms with Crippen LogP contribution in [0.2, 0.25) is 13.1 Å². The molecule has 0 saturated carbocycles. The predicted octanol–water partition coefficient (Wildman–Crippen LogP) is 2.98. The summed E-state index contributed by atoms with van der Waals surface area (Å²) in [6.45, 7) is 0.432. The van der Waals surface area contributed by atoms with Gasteiger partial charge in [0.1, 0.15) is 13.0 Å². The lowest BCUT2D eigenvalue weighted by Crippen LogP contribution is -2.19. The quantitative estimate of drug-likeness (QED) is 0.586. The van der Waals surface area contributed by atoms with E-state index in [9.17, 15) is 18.0 Å². The Morgan fingerprint density at radius 2 is 1.88 bits per heavy atom. The average Bonchev–Trinajstić information content (AvgIpc) is 2.26. The molecule has 17 heavy (non-hydrogen) atoms. The minimum Gasteiger partial charge on any atom is -0.484 e. The fourth-order valence-electron chi connectivity index (χ4n) is 1.21. The third kappa shape index (κ3) is 4.93. The van der Waals surface area contributed by atoms with Crippen LogP contribution in [0.4, 0.5) is 13.2 Å². The molecule has 0 saturated heterocycles. The first-order valence-electron chi connectivity index (χ1n) is 5.03. The zero-order valence-corrected chi connectivity index (χ0v) is 9.25. The summed E-state index contributed by atoms with van der Waals surface area (Å²) in [5, 5.41) is 0. The molecule has 0 aliphatic heterocycles. The maximum absolute atomic E-state index is 11.9. The summed E-state index contributed by atoms with van der Waals surface area (Å²) in [5.41, 5.74) is 0.461. The van der Waals surface area contributed by atoms with Crippen LogP contribution in [0.3, 0.4) is 0 Å². The molecule has 0 spiro atoms. The van der Waals surface area contributed by atoms with Crippen LogP contribution in [0.5, 0.6) is 5.75 Å². The van der Waals surface area contributed by atoms with E-state index in [4.69, 9.17) is 0 Å². The van der Waals surface area contributed by atoms with E-state index >= 15 is 0 Å². The van der Waals surface area contributed by atoms with Gasteiger partial charge in [0.2, 0.25) is 0 Å². The summed E-state index contributed by atoms with van der Waals surface area (Å²) < 4.78 is 40.1. The van der Waals surface area contributed by atoms with Crippen molar-refractivity contribution in [2.75, 3.05) is 6.61 Å². The van der Waals surface area contributed by atoms with Gasteiger partial charge < -0.3 is 4.74 Å². The van der Waals surface area contributed by atoms with Gasteiger partial charge in [0.15, 0.2) is 12.4 Å². The van der Waals surface area contributed by atoms with Crippen molar-refractivity contribution in [3.8, 4) is 5.75 Å². The average molecular weight is 243 g/mol. The van der Waals surface area contributed by atoms with Gasteiger partial charge in [-0.15, -0.1) is 0 Å². The molecule has 0 aromatic heterocycles. The molecule has 0 unspecified atom stereocenters. The molecule has 1 aromatic carbocycles. The molecule has 0 aliphatic rings. The van der Waals surface area contributed by atoms with Gasteiger partial charge in [0.25, 0.3) is 0 Å². The van der Waals surface area contributed by atoms with E-state index in [2.05, 4.69) is 4.74 Å². The summed E-state index contributed by atoms with van der Waals surface area (Å²) in [7, 11) is 1.72. The Morgan fingerprint density at radius 3 is 2.35 bits per heavy atom. The Balaban J connectivity index is 2.59. The van der Waals surface area contributed by atoms with Gasteiger partial charge in [-0.05, 0) is 30.6 Å². The summed E-state index contributed by atoms with van der Waals surface area (Å²) in [6, 6.07) is 5.62. The Morgan fingerprint density at radius 1 is 1.29 bits per heavy atom. The second-order valence-corrected chi connectivity index (χ2v) is 3.46. The summed E-state index contributed by atoms with van der Waals surface area (Å²) in [6.07, 6.45) is -4.05.